The van der Waals surface area contributed by atoms with Gasteiger partial charge in [0.25, 0.3) is 0 Å². The summed E-state index contributed by atoms with van der Waals surface area (Å²) < 4.78 is 5.27. The van der Waals surface area contributed by atoms with Gasteiger partial charge in [0.1, 0.15) is 0 Å². The SMILES string of the molecule is CC(CCN)CCc1nc(Cc2cccc(Cl)c2)no1. The van der Waals surface area contributed by atoms with Gasteiger partial charge in [-0.3, -0.25) is 0 Å². The van der Waals surface area contributed by atoms with Gasteiger partial charge in [-0.2, -0.15) is 4.98 Å². The fourth-order valence-electron chi connectivity index (χ4n) is 2.09. The highest BCUT2D eigenvalue weighted by Gasteiger charge is 2.09. The van der Waals surface area contributed by atoms with Crippen LogP contribution in [-0.4, -0.2) is 16.7 Å². The van der Waals surface area contributed by atoms with Gasteiger partial charge in [-0.1, -0.05) is 35.8 Å². The number of benzene rings is 1. The van der Waals surface area contributed by atoms with E-state index in [1.807, 2.05) is 24.3 Å². The summed E-state index contributed by atoms with van der Waals surface area (Å²) in [4.78, 5) is 4.42. The molecule has 0 aliphatic carbocycles. The van der Waals surface area contributed by atoms with Gasteiger partial charge in [-0.05, 0) is 43.0 Å². The molecular formula is C15H20ClN3O. The number of nitrogens with two attached hydrogens (primary N) is 1. The monoisotopic (exact) mass is 293 g/mol. The van der Waals surface area contributed by atoms with Crippen molar-refractivity contribution in [2.24, 2.45) is 11.7 Å². The molecule has 0 radical (unpaired) electrons. The summed E-state index contributed by atoms with van der Waals surface area (Å²) in [6.07, 6.45) is 3.51. The first-order chi connectivity index (χ1) is 9.67. The first-order valence-electron chi connectivity index (χ1n) is 6.93. The van der Waals surface area contributed by atoms with Crippen molar-refractivity contribution in [1.29, 1.82) is 0 Å². The zero-order valence-corrected chi connectivity index (χ0v) is 12.4. The summed E-state index contributed by atoms with van der Waals surface area (Å²) in [5, 5.41) is 4.74. The second kappa shape index (κ2) is 7.41. The molecule has 0 amide bonds. The number of halogens is 1. The number of hydrogen-bond donors (Lipinski definition) is 1. The van der Waals surface area contributed by atoms with Crippen LogP contribution < -0.4 is 5.73 Å². The van der Waals surface area contributed by atoms with Crippen molar-refractivity contribution in [2.75, 3.05) is 6.54 Å². The Morgan fingerprint density at radius 2 is 2.20 bits per heavy atom. The predicted octanol–water partition coefficient (Wildman–Crippen LogP) is 3.23. The van der Waals surface area contributed by atoms with Crippen LogP contribution >= 0.6 is 11.6 Å². The maximum Gasteiger partial charge on any atom is 0.226 e. The molecule has 2 N–H and O–H groups in total. The van der Waals surface area contributed by atoms with E-state index in [1.165, 1.54) is 0 Å². The number of hydrogen-bond acceptors (Lipinski definition) is 4. The number of aryl methyl sites for hydroxylation is 1. The van der Waals surface area contributed by atoms with E-state index in [0.29, 0.717) is 24.1 Å². The van der Waals surface area contributed by atoms with Crippen molar-refractivity contribution < 1.29 is 4.52 Å². The van der Waals surface area contributed by atoms with Crippen molar-refractivity contribution in [3.63, 3.8) is 0 Å². The molecule has 1 unspecified atom stereocenters. The molecule has 0 saturated heterocycles. The highest BCUT2D eigenvalue weighted by atomic mass is 35.5. The molecule has 0 spiro atoms. The zero-order valence-electron chi connectivity index (χ0n) is 11.7. The lowest BCUT2D eigenvalue weighted by atomic mass is 10.0. The summed E-state index contributed by atoms with van der Waals surface area (Å²) in [6, 6.07) is 7.70. The zero-order chi connectivity index (χ0) is 14.4. The van der Waals surface area contributed by atoms with Crippen LogP contribution in [0, 0.1) is 5.92 Å². The number of aromatic nitrogens is 2. The maximum absolute atomic E-state index is 5.96. The second-order valence-corrected chi connectivity index (χ2v) is 5.57. The molecule has 1 atom stereocenters. The first kappa shape index (κ1) is 15.0. The minimum atomic E-state index is 0.586. The molecule has 108 valence electrons. The fraction of sp³-hybridized carbons (Fsp3) is 0.467. The smallest absolute Gasteiger partial charge is 0.226 e. The Bertz CT molecular complexity index is 541. The van der Waals surface area contributed by atoms with Gasteiger partial charge in [0, 0.05) is 17.9 Å². The third-order valence-electron chi connectivity index (χ3n) is 3.27. The molecular weight excluding hydrogens is 274 g/mol. The normalized spacial score (nSPS) is 12.6. The molecule has 1 aromatic carbocycles. The first-order valence-corrected chi connectivity index (χ1v) is 7.31. The van der Waals surface area contributed by atoms with Crippen LogP contribution in [0.15, 0.2) is 28.8 Å². The molecule has 20 heavy (non-hydrogen) atoms. The second-order valence-electron chi connectivity index (χ2n) is 5.13. The Morgan fingerprint density at radius 1 is 1.35 bits per heavy atom. The van der Waals surface area contributed by atoms with Crippen molar-refractivity contribution in [3.8, 4) is 0 Å². The van der Waals surface area contributed by atoms with E-state index in [9.17, 15) is 0 Å². The van der Waals surface area contributed by atoms with E-state index in [1.54, 1.807) is 0 Å². The minimum Gasteiger partial charge on any atom is -0.339 e. The molecule has 0 saturated carbocycles. The molecule has 1 aromatic heterocycles. The summed E-state index contributed by atoms with van der Waals surface area (Å²) in [5.74, 6) is 1.99. The average molecular weight is 294 g/mol. The van der Waals surface area contributed by atoms with Gasteiger partial charge >= 0.3 is 0 Å². The summed E-state index contributed by atoms with van der Waals surface area (Å²) in [7, 11) is 0. The van der Waals surface area contributed by atoms with Crippen molar-refractivity contribution in [2.45, 2.75) is 32.6 Å². The summed E-state index contributed by atoms with van der Waals surface area (Å²) >= 11 is 5.96. The van der Waals surface area contributed by atoms with Crippen LogP contribution in [0.5, 0.6) is 0 Å². The highest BCUT2D eigenvalue weighted by Crippen LogP contribution is 2.15. The van der Waals surface area contributed by atoms with Gasteiger partial charge in [-0.15, -0.1) is 0 Å². The Hall–Kier alpha value is -1.39. The van der Waals surface area contributed by atoms with Gasteiger partial charge in [-0.25, -0.2) is 0 Å². The van der Waals surface area contributed by atoms with Gasteiger partial charge in [0.2, 0.25) is 5.89 Å². The quantitative estimate of drug-likeness (QED) is 0.851. The molecule has 0 fully saturated rings. The Morgan fingerprint density at radius 3 is 2.95 bits per heavy atom. The highest BCUT2D eigenvalue weighted by molar-refractivity contribution is 6.30. The van der Waals surface area contributed by atoms with E-state index in [0.717, 1.165) is 36.4 Å². The lowest BCUT2D eigenvalue weighted by molar-refractivity contribution is 0.359. The van der Waals surface area contributed by atoms with Crippen LogP contribution in [0.1, 0.15) is 37.0 Å². The molecule has 0 aliphatic heterocycles. The largest absolute Gasteiger partial charge is 0.339 e. The maximum atomic E-state index is 5.96. The van der Waals surface area contributed by atoms with Crippen molar-refractivity contribution in [1.82, 2.24) is 10.1 Å². The lowest BCUT2D eigenvalue weighted by Crippen LogP contribution is -2.06. The third kappa shape index (κ3) is 4.62. The van der Waals surface area contributed by atoms with E-state index < -0.39 is 0 Å². The number of nitrogens with zero attached hydrogens (tertiary/aromatic N) is 2. The number of rotatable bonds is 7. The van der Waals surface area contributed by atoms with E-state index in [2.05, 4.69) is 17.1 Å². The Kier molecular flexibility index (Phi) is 5.56. The van der Waals surface area contributed by atoms with E-state index in [-0.39, 0.29) is 0 Å². The van der Waals surface area contributed by atoms with Crippen LogP contribution in [0.2, 0.25) is 5.02 Å². The standard InChI is InChI=1S/C15H20ClN3O/c1-11(7-8-17)5-6-15-18-14(19-20-15)10-12-3-2-4-13(16)9-12/h2-4,9,11H,5-8,10,17H2,1H3. The molecule has 5 heteroatoms. The minimum absolute atomic E-state index is 0.586. The Labute approximate surface area is 124 Å². The van der Waals surface area contributed by atoms with Gasteiger partial charge in [0.05, 0.1) is 0 Å². The fourth-order valence-corrected chi connectivity index (χ4v) is 2.30. The van der Waals surface area contributed by atoms with Crippen LogP contribution in [0.4, 0.5) is 0 Å². The van der Waals surface area contributed by atoms with E-state index in [4.69, 9.17) is 21.9 Å². The summed E-state index contributed by atoms with van der Waals surface area (Å²) in [5.41, 5.74) is 6.62. The molecule has 0 bridgehead atoms. The van der Waals surface area contributed by atoms with Crippen molar-refractivity contribution in [3.05, 3.63) is 46.6 Å². The topological polar surface area (TPSA) is 64.9 Å². The molecule has 2 aromatic rings. The molecule has 4 nitrogen and oxygen atoms in total. The van der Waals surface area contributed by atoms with Crippen LogP contribution in [0.3, 0.4) is 0 Å². The van der Waals surface area contributed by atoms with Gasteiger partial charge < -0.3 is 10.3 Å². The van der Waals surface area contributed by atoms with Crippen LogP contribution in [0.25, 0.3) is 0 Å². The third-order valence-corrected chi connectivity index (χ3v) is 3.51. The predicted molar refractivity (Wildman–Crippen MR) is 79.7 cm³/mol. The van der Waals surface area contributed by atoms with Crippen LogP contribution in [-0.2, 0) is 12.8 Å². The van der Waals surface area contributed by atoms with E-state index >= 15 is 0 Å². The molecule has 0 aliphatic rings. The molecule has 1 heterocycles. The average Bonchev–Trinajstić information content (AvgIpc) is 2.84. The van der Waals surface area contributed by atoms with Crippen molar-refractivity contribution >= 4 is 11.6 Å². The Balaban J connectivity index is 1.89. The lowest BCUT2D eigenvalue weighted by Gasteiger charge is -2.06. The summed E-state index contributed by atoms with van der Waals surface area (Å²) in [6.45, 7) is 2.92. The molecule has 2 rings (SSSR count). The van der Waals surface area contributed by atoms with Gasteiger partial charge in [0.15, 0.2) is 5.82 Å².